The number of sulfonamides is 1. The molecule has 3 unspecified atom stereocenters. The van der Waals surface area contributed by atoms with Crippen LogP contribution in [-0.4, -0.2) is 42.5 Å². The SMILES string of the molecule is CC(CS(=O)(=O)NC(C(=O)O)C(C)O)c1ccccc1. The Morgan fingerprint density at radius 2 is 1.80 bits per heavy atom. The molecule has 6 nitrogen and oxygen atoms in total. The summed E-state index contributed by atoms with van der Waals surface area (Å²) in [5, 5.41) is 18.2. The summed E-state index contributed by atoms with van der Waals surface area (Å²) >= 11 is 0. The summed E-state index contributed by atoms with van der Waals surface area (Å²) in [5.41, 5.74) is 0.849. The van der Waals surface area contributed by atoms with Gasteiger partial charge in [0.2, 0.25) is 10.0 Å². The Labute approximate surface area is 118 Å². The van der Waals surface area contributed by atoms with E-state index >= 15 is 0 Å². The zero-order chi connectivity index (χ0) is 15.3. The van der Waals surface area contributed by atoms with Crippen LogP contribution in [-0.2, 0) is 14.8 Å². The van der Waals surface area contributed by atoms with Crippen LogP contribution in [0.25, 0.3) is 0 Å². The Hall–Kier alpha value is -1.44. The number of nitrogens with one attached hydrogen (secondary N) is 1. The molecule has 0 spiro atoms. The van der Waals surface area contributed by atoms with E-state index in [1.165, 1.54) is 6.92 Å². The van der Waals surface area contributed by atoms with Crippen molar-refractivity contribution in [1.82, 2.24) is 4.72 Å². The fourth-order valence-corrected chi connectivity index (χ4v) is 3.44. The topological polar surface area (TPSA) is 104 Å². The Balaban J connectivity index is 2.77. The molecule has 0 aliphatic rings. The molecule has 112 valence electrons. The average molecular weight is 301 g/mol. The van der Waals surface area contributed by atoms with E-state index in [2.05, 4.69) is 0 Å². The first-order valence-corrected chi connectivity index (χ1v) is 7.84. The van der Waals surface area contributed by atoms with Crippen molar-refractivity contribution in [1.29, 1.82) is 0 Å². The first-order valence-electron chi connectivity index (χ1n) is 6.19. The van der Waals surface area contributed by atoms with Gasteiger partial charge in [-0.05, 0) is 18.4 Å². The number of aliphatic hydroxyl groups excluding tert-OH is 1. The lowest BCUT2D eigenvalue weighted by Gasteiger charge is -2.19. The molecule has 1 aromatic rings. The van der Waals surface area contributed by atoms with Gasteiger partial charge < -0.3 is 10.2 Å². The van der Waals surface area contributed by atoms with Crippen LogP contribution in [0.4, 0.5) is 0 Å². The van der Waals surface area contributed by atoms with Crippen molar-refractivity contribution < 1.29 is 23.4 Å². The molecule has 0 aromatic heterocycles. The van der Waals surface area contributed by atoms with E-state index in [4.69, 9.17) is 5.11 Å². The summed E-state index contributed by atoms with van der Waals surface area (Å²) in [5.74, 6) is -1.93. The van der Waals surface area contributed by atoms with Crippen molar-refractivity contribution in [2.75, 3.05) is 5.75 Å². The van der Waals surface area contributed by atoms with E-state index in [1.807, 2.05) is 35.1 Å². The van der Waals surface area contributed by atoms with Crippen molar-refractivity contribution in [3.63, 3.8) is 0 Å². The number of benzene rings is 1. The van der Waals surface area contributed by atoms with Gasteiger partial charge in [-0.25, -0.2) is 8.42 Å². The van der Waals surface area contributed by atoms with Gasteiger partial charge in [0.15, 0.2) is 0 Å². The van der Waals surface area contributed by atoms with Gasteiger partial charge in [0.05, 0.1) is 11.9 Å². The Kier molecular flexibility index (Phi) is 5.67. The molecule has 0 saturated carbocycles. The molecule has 0 fully saturated rings. The van der Waals surface area contributed by atoms with Crippen LogP contribution in [0.1, 0.15) is 25.3 Å². The molecule has 0 aliphatic heterocycles. The van der Waals surface area contributed by atoms with Crippen LogP contribution in [0, 0.1) is 0 Å². The second-order valence-corrected chi connectivity index (χ2v) is 6.57. The van der Waals surface area contributed by atoms with Gasteiger partial charge in [-0.3, -0.25) is 4.79 Å². The second kappa shape index (κ2) is 6.83. The molecule has 0 saturated heterocycles. The molecule has 0 heterocycles. The van der Waals surface area contributed by atoms with E-state index in [9.17, 15) is 18.3 Å². The maximum atomic E-state index is 11.9. The molecule has 1 rings (SSSR count). The quantitative estimate of drug-likeness (QED) is 0.682. The molecule has 3 N–H and O–H groups in total. The number of rotatable bonds is 7. The molecular weight excluding hydrogens is 282 g/mol. The predicted octanol–water partition coefficient (Wildman–Crippen LogP) is 0.544. The van der Waals surface area contributed by atoms with Crippen LogP contribution in [0.2, 0.25) is 0 Å². The Bertz CT molecular complexity index is 541. The van der Waals surface area contributed by atoms with Crippen LogP contribution in [0.5, 0.6) is 0 Å². The minimum atomic E-state index is -3.81. The number of hydrogen-bond acceptors (Lipinski definition) is 4. The summed E-state index contributed by atoms with van der Waals surface area (Å²) in [4.78, 5) is 10.9. The molecule has 7 heteroatoms. The fraction of sp³-hybridized carbons (Fsp3) is 0.462. The summed E-state index contributed by atoms with van der Waals surface area (Å²) in [7, 11) is -3.81. The zero-order valence-corrected chi connectivity index (χ0v) is 12.2. The summed E-state index contributed by atoms with van der Waals surface area (Å²) in [6.45, 7) is 2.97. The van der Waals surface area contributed by atoms with Gasteiger partial charge in [-0.15, -0.1) is 0 Å². The smallest absolute Gasteiger partial charge is 0.324 e. The van der Waals surface area contributed by atoms with Crippen molar-refractivity contribution in [2.24, 2.45) is 0 Å². The summed E-state index contributed by atoms with van der Waals surface area (Å²) in [6.07, 6.45) is -1.31. The highest BCUT2D eigenvalue weighted by atomic mass is 32.2. The number of hydrogen-bond donors (Lipinski definition) is 3. The second-order valence-electron chi connectivity index (χ2n) is 4.77. The molecule has 1 aromatic carbocycles. The average Bonchev–Trinajstić information content (AvgIpc) is 2.36. The summed E-state index contributed by atoms with van der Waals surface area (Å²) < 4.78 is 25.9. The van der Waals surface area contributed by atoms with Crippen molar-refractivity contribution in [3.8, 4) is 0 Å². The lowest BCUT2D eigenvalue weighted by Crippen LogP contribution is -2.48. The predicted molar refractivity (Wildman–Crippen MR) is 74.9 cm³/mol. The monoisotopic (exact) mass is 301 g/mol. The van der Waals surface area contributed by atoms with Gasteiger partial charge in [0, 0.05) is 0 Å². The molecule has 0 aliphatic carbocycles. The van der Waals surface area contributed by atoms with Gasteiger partial charge >= 0.3 is 5.97 Å². The van der Waals surface area contributed by atoms with Crippen molar-refractivity contribution in [2.45, 2.75) is 31.9 Å². The molecule has 0 amide bonds. The summed E-state index contributed by atoms with van der Waals surface area (Å²) in [6, 6.07) is 7.52. The van der Waals surface area contributed by atoms with Crippen LogP contribution >= 0.6 is 0 Å². The number of aliphatic hydroxyl groups is 1. The van der Waals surface area contributed by atoms with Crippen LogP contribution in [0.15, 0.2) is 30.3 Å². The minimum absolute atomic E-state index is 0.243. The number of carboxylic acids is 1. The van der Waals surface area contributed by atoms with Gasteiger partial charge in [0.25, 0.3) is 0 Å². The van der Waals surface area contributed by atoms with E-state index in [1.54, 1.807) is 6.92 Å². The molecule has 0 radical (unpaired) electrons. The zero-order valence-electron chi connectivity index (χ0n) is 11.4. The highest BCUT2D eigenvalue weighted by Crippen LogP contribution is 2.16. The maximum Gasteiger partial charge on any atom is 0.324 e. The third kappa shape index (κ3) is 4.92. The standard InChI is InChI=1S/C13H19NO5S/c1-9(11-6-4-3-5-7-11)8-20(18,19)14-12(10(2)15)13(16)17/h3-7,9-10,12,14-15H,8H2,1-2H3,(H,16,17). The van der Waals surface area contributed by atoms with E-state index in [0.29, 0.717) is 0 Å². The highest BCUT2D eigenvalue weighted by Gasteiger charge is 2.29. The Morgan fingerprint density at radius 1 is 1.25 bits per heavy atom. The number of carboxylic acid groups (broad SMARTS) is 1. The lowest BCUT2D eigenvalue weighted by atomic mass is 10.0. The molecule has 20 heavy (non-hydrogen) atoms. The van der Waals surface area contributed by atoms with Crippen LogP contribution in [0.3, 0.4) is 0 Å². The van der Waals surface area contributed by atoms with Gasteiger partial charge in [-0.2, -0.15) is 4.72 Å². The van der Waals surface area contributed by atoms with Crippen molar-refractivity contribution in [3.05, 3.63) is 35.9 Å². The third-order valence-corrected chi connectivity index (χ3v) is 4.44. The minimum Gasteiger partial charge on any atom is -0.480 e. The highest BCUT2D eigenvalue weighted by molar-refractivity contribution is 7.89. The van der Waals surface area contributed by atoms with Crippen molar-refractivity contribution >= 4 is 16.0 Å². The molecule has 0 bridgehead atoms. The van der Waals surface area contributed by atoms with Crippen LogP contribution < -0.4 is 4.72 Å². The van der Waals surface area contributed by atoms with E-state index in [-0.39, 0.29) is 11.7 Å². The number of carbonyl (C=O) groups is 1. The molecular formula is C13H19NO5S. The first kappa shape index (κ1) is 16.6. The normalized spacial score (nSPS) is 16.4. The van der Waals surface area contributed by atoms with Gasteiger partial charge in [-0.1, -0.05) is 37.3 Å². The largest absolute Gasteiger partial charge is 0.480 e. The fourth-order valence-electron chi connectivity index (χ4n) is 1.80. The molecule has 3 atom stereocenters. The van der Waals surface area contributed by atoms with E-state index < -0.39 is 28.1 Å². The van der Waals surface area contributed by atoms with E-state index in [0.717, 1.165) is 5.56 Å². The van der Waals surface area contributed by atoms with Gasteiger partial charge in [0.1, 0.15) is 6.04 Å². The number of aliphatic carboxylic acids is 1. The Morgan fingerprint density at radius 3 is 2.25 bits per heavy atom. The third-order valence-electron chi connectivity index (χ3n) is 2.89. The maximum absolute atomic E-state index is 11.9. The first-order chi connectivity index (χ1) is 9.23. The lowest BCUT2D eigenvalue weighted by molar-refractivity contribution is -0.141.